The largest absolute Gasteiger partial charge is 0.398 e. The summed E-state index contributed by atoms with van der Waals surface area (Å²) in [5.74, 6) is -0.711. The van der Waals surface area contributed by atoms with Crippen molar-refractivity contribution in [2.24, 2.45) is 5.73 Å². The van der Waals surface area contributed by atoms with Gasteiger partial charge in [-0.1, -0.05) is 6.07 Å². The highest BCUT2D eigenvalue weighted by molar-refractivity contribution is 7.89. The lowest BCUT2D eigenvalue weighted by Gasteiger charge is -2.17. The molecule has 0 aliphatic heterocycles. The Balaban J connectivity index is 3.22. The van der Waals surface area contributed by atoms with E-state index in [0.29, 0.717) is 11.3 Å². The van der Waals surface area contributed by atoms with Crippen molar-refractivity contribution < 1.29 is 13.2 Å². The number of hydrogen-bond donors (Lipinski definition) is 2. The van der Waals surface area contributed by atoms with Crippen LogP contribution in [-0.2, 0) is 14.8 Å². The third kappa shape index (κ3) is 2.75. The van der Waals surface area contributed by atoms with Gasteiger partial charge in [0, 0.05) is 12.7 Å². The Labute approximate surface area is 100 Å². The van der Waals surface area contributed by atoms with Gasteiger partial charge < -0.3 is 11.5 Å². The van der Waals surface area contributed by atoms with Crippen molar-refractivity contribution in [1.82, 2.24) is 4.31 Å². The van der Waals surface area contributed by atoms with E-state index in [1.165, 1.54) is 13.1 Å². The van der Waals surface area contributed by atoms with E-state index in [-0.39, 0.29) is 11.4 Å². The molecule has 0 aliphatic carbocycles. The van der Waals surface area contributed by atoms with Crippen LogP contribution < -0.4 is 11.5 Å². The number of benzene rings is 1. The number of nitrogen functional groups attached to an aromatic ring is 1. The van der Waals surface area contributed by atoms with Crippen molar-refractivity contribution in [3.63, 3.8) is 0 Å². The fraction of sp³-hybridized carbons (Fsp3) is 0.300. The number of sulfonamides is 1. The van der Waals surface area contributed by atoms with Crippen LogP contribution in [0.15, 0.2) is 23.1 Å². The first-order valence-corrected chi connectivity index (χ1v) is 6.30. The van der Waals surface area contributed by atoms with E-state index in [4.69, 9.17) is 11.5 Å². The van der Waals surface area contributed by atoms with E-state index in [9.17, 15) is 13.2 Å². The lowest BCUT2D eigenvalue weighted by Crippen LogP contribution is -2.35. The van der Waals surface area contributed by atoms with Crippen LogP contribution in [0.3, 0.4) is 0 Å². The van der Waals surface area contributed by atoms with E-state index in [2.05, 4.69) is 0 Å². The fourth-order valence-electron chi connectivity index (χ4n) is 1.38. The number of carbonyl (C=O) groups is 1. The van der Waals surface area contributed by atoms with Gasteiger partial charge in [-0.2, -0.15) is 4.31 Å². The number of rotatable bonds is 4. The minimum absolute atomic E-state index is 0.0845. The number of hydrogen-bond acceptors (Lipinski definition) is 4. The highest BCUT2D eigenvalue weighted by Gasteiger charge is 2.24. The van der Waals surface area contributed by atoms with Crippen LogP contribution in [0.4, 0.5) is 5.69 Å². The first-order chi connectivity index (χ1) is 7.76. The molecule has 1 rings (SSSR count). The van der Waals surface area contributed by atoms with Gasteiger partial charge in [0.2, 0.25) is 15.9 Å². The number of likely N-dealkylation sites (N-methyl/N-ethyl adjacent to an activating group) is 1. The third-order valence-corrected chi connectivity index (χ3v) is 4.34. The van der Waals surface area contributed by atoms with Crippen molar-refractivity contribution in [2.75, 3.05) is 19.3 Å². The van der Waals surface area contributed by atoms with Gasteiger partial charge >= 0.3 is 0 Å². The Bertz CT molecular complexity index is 540. The van der Waals surface area contributed by atoms with Crippen molar-refractivity contribution >= 4 is 21.6 Å². The van der Waals surface area contributed by atoms with Crippen LogP contribution in [0.1, 0.15) is 5.56 Å². The van der Waals surface area contributed by atoms with Crippen molar-refractivity contribution in [3.05, 3.63) is 23.8 Å². The van der Waals surface area contributed by atoms with Crippen LogP contribution >= 0.6 is 0 Å². The summed E-state index contributed by atoms with van der Waals surface area (Å²) >= 11 is 0. The maximum absolute atomic E-state index is 12.1. The number of amides is 1. The van der Waals surface area contributed by atoms with E-state index < -0.39 is 15.9 Å². The van der Waals surface area contributed by atoms with Gasteiger partial charge in [-0.15, -0.1) is 0 Å². The number of primary amides is 1. The summed E-state index contributed by atoms with van der Waals surface area (Å²) in [5.41, 5.74) is 11.5. The Morgan fingerprint density at radius 3 is 2.53 bits per heavy atom. The molecule has 0 aliphatic rings. The molecule has 0 saturated heterocycles. The van der Waals surface area contributed by atoms with Gasteiger partial charge in [-0.3, -0.25) is 4.79 Å². The minimum atomic E-state index is -3.73. The molecule has 4 N–H and O–H groups in total. The minimum Gasteiger partial charge on any atom is -0.398 e. The molecule has 0 atom stereocenters. The molecule has 7 heteroatoms. The van der Waals surface area contributed by atoms with Crippen molar-refractivity contribution in [2.45, 2.75) is 11.8 Å². The second-order valence-electron chi connectivity index (χ2n) is 3.70. The smallest absolute Gasteiger partial charge is 0.243 e. The average molecular weight is 257 g/mol. The average Bonchev–Trinajstić information content (AvgIpc) is 2.20. The molecule has 0 spiro atoms. The van der Waals surface area contributed by atoms with Gasteiger partial charge in [0.05, 0.1) is 11.4 Å². The van der Waals surface area contributed by atoms with E-state index in [0.717, 1.165) is 4.31 Å². The van der Waals surface area contributed by atoms with Gasteiger partial charge in [-0.25, -0.2) is 8.42 Å². The molecule has 6 nitrogen and oxygen atoms in total. The first-order valence-electron chi connectivity index (χ1n) is 4.86. The zero-order valence-electron chi connectivity index (χ0n) is 9.67. The first kappa shape index (κ1) is 13.5. The third-order valence-electron chi connectivity index (χ3n) is 2.39. The fourth-order valence-corrected chi connectivity index (χ4v) is 2.77. The summed E-state index contributed by atoms with van der Waals surface area (Å²) in [4.78, 5) is 10.8. The van der Waals surface area contributed by atoms with Crippen LogP contribution in [0.25, 0.3) is 0 Å². The van der Waals surface area contributed by atoms with E-state index >= 15 is 0 Å². The van der Waals surface area contributed by atoms with Crippen LogP contribution in [0.5, 0.6) is 0 Å². The summed E-state index contributed by atoms with van der Waals surface area (Å²) in [6.07, 6.45) is 0. The summed E-state index contributed by atoms with van der Waals surface area (Å²) in [7, 11) is -2.44. The molecule has 0 radical (unpaired) electrons. The highest BCUT2D eigenvalue weighted by Crippen LogP contribution is 2.22. The predicted octanol–water partition coefficient (Wildman–Crippen LogP) is -0.317. The highest BCUT2D eigenvalue weighted by atomic mass is 32.2. The van der Waals surface area contributed by atoms with Crippen LogP contribution in [-0.4, -0.2) is 32.2 Å². The molecule has 1 amide bonds. The molecule has 94 valence electrons. The number of carbonyl (C=O) groups excluding carboxylic acids is 1. The zero-order chi connectivity index (χ0) is 13.2. The lowest BCUT2D eigenvalue weighted by molar-refractivity contribution is -0.118. The summed E-state index contributed by atoms with van der Waals surface area (Å²) in [5, 5.41) is 0. The van der Waals surface area contributed by atoms with Gasteiger partial charge in [0.25, 0.3) is 0 Å². The number of nitrogens with zero attached hydrogens (tertiary/aromatic N) is 1. The summed E-state index contributed by atoms with van der Waals surface area (Å²) in [6, 6.07) is 4.61. The normalized spacial score (nSPS) is 11.7. The molecular weight excluding hydrogens is 242 g/mol. The summed E-state index contributed by atoms with van der Waals surface area (Å²) in [6.45, 7) is 1.25. The summed E-state index contributed by atoms with van der Waals surface area (Å²) < 4.78 is 25.1. The predicted molar refractivity (Wildman–Crippen MR) is 64.6 cm³/mol. The molecular formula is C10H15N3O3S. The molecule has 1 aromatic rings. The molecule has 0 heterocycles. The number of nitrogens with two attached hydrogens (primary N) is 2. The van der Waals surface area contributed by atoms with E-state index in [1.807, 2.05) is 0 Å². The Morgan fingerprint density at radius 1 is 1.41 bits per heavy atom. The SMILES string of the molecule is Cc1c(N)cccc1S(=O)(=O)N(C)CC(N)=O. The standard InChI is InChI=1S/C10H15N3O3S/c1-7-8(11)4-3-5-9(7)17(15,16)13(2)6-10(12)14/h3-5H,6,11H2,1-2H3,(H2,12,14). The monoisotopic (exact) mass is 257 g/mol. The maximum atomic E-state index is 12.1. The second-order valence-corrected chi connectivity index (χ2v) is 5.71. The van der Waals surface area contributed by atoms with Crippen molar-refractivity contribution in [1.29, 1.82) is 0 Å². The van der Waals surface area contributed by atoms with Crippen LogP contribution in [0, 0.1) is 6.92 Å². The number of anilines is 1. The zero-order valence-corrected chi connectivity index (χ0v) is 10.5. The molecule has 0 fully saturated rings. The molecule has 17 heavy (non-hydrogen) atoms. The van der Waals surface area contributed by atoms with Gasteiger partial charge in [-0.05, 0) is 24.6 Å². The maximum Gasteiger partial charge on any atom is 0.243 e. The Morgan fingerprint density at radius 2 is 2.00 bits per heavy atom. The van der Waals surface area contributed by atoms with Crippen LogP contribution in [0.2, 0.25) is 0 Å². The molecule has 0 unspecified atom stereocenters. The van der Waals surface area contributed by atoms with E-state index in [1.54, 1.807) is 19.1 Å². The van der Waals surface area contributed by atoms with Gasteiger partial charge in [0.15, 0.2) is 0 Å². The Kier molecular flexibility index (Phi) is 3.74. The molecule has 0 aromatic heterocycles. The molecule has 1 aromatic carbocycles. The molecule has 0 bridgehead atoms. The topological polar surface area (TPSA) is 106 Å². The second kappa shape index (κ2) is 4.72. The van der Waals surface area contributed by atoms with Crippen molar-refractivity contribution in [3.8, 4) is 0 Å². The quantitative estimate of drug-likeness (QED) is 0.721. The van der Waals surface area contributed by atoms with Gasteiger partial charge in [0.1, 0.15) is 0 Å². The Hall–Kier alpha value is -1.60. The lowest BCUT2D eigenvalue weighted by atomic mass is 10.2. The molecule has 0 saturated carbocycles.